The van der Waals surface area contributed by atoms with Gasteiger partial charge in [0.1, 0.15) is 23.1 Å². The number of benzene rings is 2. The van der Waals surface area contributed by atoms with Crippen molar-refractivity contribution in [3.05, 3.63) is 59.7 Å². The fourth-order valence-corrected chi connectivity index (χ4v) is 7.44. The minimum atomic E-state index is -0.905. The lowest BCUT2D eigenvalue weighted by Gasteiger charge is -2.52. The van der Waals surface area contributed by atoms with Gasteiger partial charge < -0.3 is 29.7 Å². The van der Waals surface area contributed by atoms with Crippen LogP contribution in [-0.4, -0.2) is 101 Å². The second-order valence-electron chi connectivity index (χ2n) is 13.3. The van der Waals surface area contributed by atoms with Crippen LogP contribution in [0, 0.1) is 5.92 Å². The molecule has 2 atom stereocenters. The quantitative estimate of drug-likeness (QED) is 0.408. The first-order valence-corrected chi connectivity index (χ1v) is 17.1. The van der Waals surface area contributed by atoms with Crippen molar-refractivity contribution in [2.24, 2.45) is 5.92 Å². The number of nitrogens with one attached hydrogen (secondary N) is 1. The Morgan fingerprint density at radius 3 is 2.24 bits per heavy atom. The summed E-state index contributed by atoms with van der Waals surface area (Å²) in [4.78, 5) is 46.3. The van der Waals surface area contributed by atoms with Crippen molar-refractivity contribution in [2.45, 2.75) is 82.5 Å². The topological polar surface area (TPSA) is 112 Å². The molecule has 6 rings (SSSR count). The molecule has 0 bridgehead atoms. The molecule has 0 aliphatic carbocycles. The molecule has 2 N–H and O–H groups in total. The number of aliphatic hydroxyl groups excluding tert-OH is 1. The monoisotopic (exact) mass is 632 g/mol. The van der Waals surface area contributed by atoms with E-state index in [1.807, 2.05) is 41.3 Å². The van der Waals surface area contributed by atoms with Gasteiger partial charge in [-0.1, -0.05) is 25.5 Å². The predicted molar refractivity (Wildman–Crippen MR) is 173 cm³/mol. The van der Waals surface area contributed by atoms with Gasteiger partial charge in [0.25, 0.3) is 5.91 Å². The lowest BCUT2D eigenvalue weighted by Crippen LogP contribution is -2.75. The van der Waals surface area contributed by atoms with Crippen LogP contribution in [-0.2, 0) is 20.9 Å². The van der Waals surface area contributed by atoms with Crippen molar-refractivity contribution in [3.63, 3.8) is 0 Å². The van der Waals surface area contributed by atoms with Crippen molar-refractivity contribution in [1.29, 1.82) is 0 Å². The highest BCUT2D eigenvalue weighted by molar-refractivity contribution is 6.00. The van der Waals surface area contributed by atoms with Gasteiger partial charge in [0.05, 0.1) is 6.10 Å². The number of carbonyl (C=O) groups is 3. The van der Waals surface area contributed by atoms with Gasteiger partial charge in [-0.25, -0.2) is 0 Å². The highest BCUT2D eigenvalue weighted by Crippen LogP contribution is 2.36. The summed E-state index contributed by atoms with van der Waals surface area (Å²) in [5, 5.41) is 14.1. The molecule has 0 radical (unpaired) electrons. The fourth-order valence-electron chi connectivity index (χ4n) is 7.44. The summed E-state index contributed by atoms with van der Waals surface area (Å²) < 4.78 is 11.5. The van der Waals surface area contributed by atoms with Crippen LogP contribution in [0.15, 0.2) is 48.5 Å². The highest BCUT2D eigenvalue weighted by atomic mass is 16.5. The maximum absolute atomic E-state index is 13.8. The summed E-state index contributed by atoms with van der Waals surface area (Å²) in [7, 11) is 0. The molecule has 4 fully saturated rings. The first kappa shape index (κ1) is 32.5. The maximum Gasteiger partial charge on any atom is 0.253 e. The summed E-state index contributed by atoms with van der Waals surface area (Å²) >= 11 is 0. The van der Waals surface area contributed by atoms with Crippen LogP contribution in [0.1, 0.15) is 74.2 Å². The molecule has 4 aliphatic rings. The van der Waals surface area contributed by atoms with E-state index in [1.54, 1.807) is 4.90 Å². The molecular formula is C36H48N4O6. The van der Waals surface area contributed by atoms with Crippen LogP contribution in [0.4, 0.5) is 0 Å². The molecule has 10 heteroatoms. The summed E-state index contributed by atoms with van der Waals surface area (Å²) in [6.07, 6.45) is 5.48. The zero-order valence-electron chi connectivity index (χ0n) is 27.0. The van der Waals surface area contributed by atoms with Gasteiger partial charge in [0.15, 0.2) is 0 Å². The average molecular weight is 633 g/mol. The molecule has 4 heterocycles. The van der Waals surface area contributed by atoms with E-state index >= 15 is 0 Å². The lowest BCUT2D eigenvalue weighted by molar-refractivity contribution is -0.166. The smallest absolute Gasteiger partial charge is 0.253 e. The molecule has 4 saturated heterocycles. The van der Waals surface area contributed by atoms with E-state index in [-0.39, 0.29) is 23.6 Å². The summed E-state index contributed by atoms with van der Waals surface area (Å²) in [5.74, 6) is 1.15. The van der Waals surface area contributed by atoms with Gasteiger partial charge in [0.2, 0.25) is 11.8 Å². The second kappa shape index (κ2) is 14.5. The Bertz CT molecular complexity index is 1350. The molecule has 3 amide bonds. The van der Waals surface area contributed by atoms with Gasteiger partial charge in [-0.05, 0) is 92.8 Å². The van der Waals surface area contributed by atoms with Crippen LogP contribution in [0.3, 0.4) is 0 Å². The number of hydrogen-bond acceptors (Lipinski definition) is 7. The second-order valence-corrected chi connectivity index (χ2v) is 13.3. The lowest BCUT2D eigenvalue weighted by atomic mass is 9.79. The van der Waals surface area contributed by atoms with Crippen LogP contribution in [0.5, 0.6) is 11.5 Å². The number of hydrogen-bond donors (Lipinski definition) is 2. The number of unbranched alkanes of at least 4 members (excludes halogenated alkanes) is 1. The zero-order chi connectivity index (χ0) is 32.1. The number of piperidine rings is 1. The number of likely N-dealkylation sites (tertiary alicyclic amines) is 2. The number of nitrogens with zero attached hydrogens (tertiary/aromatic N) is 3. The molecule has 10 nitrogen and oxygen atoms in total. The average Bonchev–Trinajstić information content (AvgIpc) is 3.64. The molecule has 0 saturated carbocycles. The molecule has 1 spiro atoms. The molecule has 248 valence electrons. The van der Waals surface area contributed by atoms with Crippen LogP contribution < -0.4 is 10.1 Å². The Labute approximate surface area is 272 Å². The van der Waals surface area contributed by atoms with Crippen molar-refractivity contribution in [1.82, 2.24) is 20.0 Å². The molecule has 2 aromatic carbocycles. The van der Waals surface area contributed by atoms with E-state index in [0.29, 0.717) is 69.8 Å². The summed E-state index contributed by atoms with van der Waals surface area (Å²) in [6.45, 7) is 7.53. The standard InChI is InChI=1S/C36H48N4O6/c1-2-3-20-40-34(43)31(32(41)27-14-23-45-24-15-27)37-35(44)36(40)16-21-38(22-17-36)25-26-6-10-29(11-7-26)46-30-12-8-28(9-13-30)33(42)39-18-4-5-19-39/h6-13,27,31-32,41H,2-5,14-25H2,1H3,(H,37,44)/t31-,32-/m1/s1. The van der Waals surface area contributed by atoms with Crippen LogP contribution >= 0.6 is 0 Å². The van der Waals surface area contributed by atoms with Gasteiger partial charge in [0, 0.05) is 58.0 Å². The van der Waals surface area contributed by atoms with Crippen molar-refractivity contribution in [2.75, 3.05) is 45.9 Å². The zero-order valence-corrected chi connectivity index (χ0v) is 27.0. The Morgan fingerprint density at radius 2 is 1.61 bits per heavy atom. The Hall–Kier alpha value is -3.47. The molecule has 46 heavy (non-hydrogen) atoms. The SMILES string of the molecule is CCCCN1C(=O)[C@@H]([C@H](O)C2CCOCC2)NC(=O)C12CCN(Cc1ccc(Oc3ccc(C(=O)N4CCCC4)cc3)cc1)CC2. The Balaban J connectivity index is 1.04. The van der Waals surface area contributed by atoms with Crippen LogP contribution in [0.2, 0.25) is 0 Å². The maximum atomic E-state index is 13.8. The number of amides is 3. The molecular weight excluding hydrogens is 584 g/mol. The largest absolute Gasteiger partial charge is 0.457 e. The van der Waals surface area contributed by atoms with Crippen LogP contribution in [0.25, 0.3) is 0 Å². The minimum Gasteiger partial charge on any atom is -0.457 e. The van der Waals surface area contributed by atoms with Gasteiger partial charge in [-0.15, -0.1) is 0 Å². The van der Waals surface area contributed by atoms with Crippen molar-refractivity contribution >= 4 is 17.7 Å². The minimum absolute atomic E-state index is 0.0560. The summed E-state index contributed by atoms with van der Waals surface area (Å²) in [5.41, 5.74) is 0.950. The van der Waals surface area contributed by atoms with E-state index in [0.717, 1.165) is 56.6 Å². The third-order valence-corrected chi connectivity index (χ3v) is 10.3. The van der Waals surface area contributed by atoms with E-state index in [4.69, 9.17) is 9.47 Å². The van der Waals surface area contributed by atoms with Gasteiger partial charge in [-0.3, -0.25) is 19.3 Å². The van der Waals surface area contributed by atoms with E-state index in [9.17, 15) is 19.5 Å². The molecule has 0 aromatic heterocycles. The Kier molecular flexibility index (Phi) is 10.3. The van der Waals surface area contributed by atoms with E-state index in [1.165, 1.54) is 0 Å². The number of piperazine rings is 1. The number of ether oxygens (including phenoxy) is 2. The third-order valence-electron chi connectivity index (χ3n) is 10.3. The van der Waals surface area contributed by atoms with Gasteiger partial charge >= 0.3 is 0 Å². The van der Waals surface area contributed by atoms with Gasteiger partial charge in [-0.2, -0.15) is 0 Å². The molecule has 0 unspecified atom stereocenters. The fraction of sp³-hybridized carbons (Fsp3) is 0.583. The predicted octanol–water partition coefficient (Wildman–Crippen LogP) is 3.96. The molecule has 2 aromatic rings. The van der Waals surface area contributed by atoms with E-state index < -0.39 is 17.7 Å². The third kappa shape index (κ3) is 6.94. The molecule has 4 aliphatic heterocycles. The highest BCUT2D eigenvalue weighted by Gasteiger charge is 2.55. The normalized spacial score (nSPS) is 23.0. The summed E-state index contributed by atoms with van der Waals surface area (Å²) in [6, 6.07) is 14.4. The van der Waals surface area contributed by atoms with E-state index in [2.05, 4.69) is 29.3 Å². The first-order valence-electron chi connectivity index (χ1n) is 17.1. The number of carbonyl (C=O) groups excluding carboxylic acids is 3. The Morgan fingerprint density at radius 1 is 0.978 bits per heavy atom. The van der Waals surface area contributed by atoms with Crippen molar-refractivity contribution in [3.8, 4) is 11.5 Å². The number of rotatable bonds is 10. The number of aliphatic hydroxyl groups is 1. The van der Waals surface area contributed by atoms with Crippen molar-refractivity contribution < 1.29 is 29.0 Å². The first-order chi connectivity index (χ1) is 22.4.